The van der Waals surface area contributed by atoms with Crippen molar-refractivity contribution in [3.8, 4) is 0 Å². The van der Waals surface area contributed by atoms with Crippen molar-refractivity contribution in [1.82, 2.24) is 10.6 Å². The summed E-state index contributed by atoms with van der Waals surface area (Å²) in [5.41, 5.74) is 0. The molecule has 0 aliphatic carbocycles. The Hall–Kier alpha value is -0.320. The van der Waals surface area contributed by atoms with Gasteiger partial charge in [-0.25, -0.2) is 0 Å². The van der Waals surface area contributed by atoms with E-state index in [0.717, 1.165) is 25.9 Å². The van der Waals surface area contributed by atoms with E-state index in [-0.39, 0.29) is 37.1 Å². The SMILES string of the molecule is CC(C)OCC(=O)N[C@H]1CCCNC1.Cl. The van der Waals surface area contributed by atoms with E-state index in [9.17, 15) is 4.79 Å². The molecule has 0 aromatic rings. The Bertz CT molecular complexity index is 182. The molecule has 0 bridgehead atoms. The summed E-state index contributed by atoms with van der Waals surface area (Å²) in [7, 11) is 0. The molecule has 0 saturated carbocycles. The maximum atomic E-state index is 11.4. The average Bonchev–Trinajstić information content (AvgIpc) is 2.16. The van der Waals surface area contributed by atoms with Crippen LogP contribution in [0.3, 0.4) is 0 Å². The maximum absolute atomic E-state index is 11.4. The van der Waals surface area contributed by atoms with Gasteiger partial charge in [0, 0.05) is 12.6 Å². The van der Waals surface area contributed by atoms with Crippen molar-refractivity contribution >= 4 is 18.3 Å². The number of nitrogens with one attached hydrogen (secondary N) is 2. The van der Waals surface area contributed by atoms with E-state index in [1.54, 1.807) is 0 Å². The molecule has 1 heterocycles. The van der Waals surface area contributed by atoms with E-state index in [1.165, 1.54) is 0 Å². The van der Waals surface area contributed by atoms with Crippen LogP contribution < -0.4 is 10.6 Å². The molecule has 0 aromatic heterocycles. The molecule has 1 atom stereocenters. The highest BCUT2D eigenvalue weighted by molar-refractivity contribution is 5.85. The summed E-state index contributed by atoms with van der Waals surface area (Å²) >= 11 is 0. The third-order valence-corrected chi connectivity index (χ3v) is 2.21. The fourth-order valence-electron chi connectivity index (χ4n) is 1.49. The monoisotopic (exact) mass is 236 g/mol. The van der Waals surface area contributed by atoms with Crippen LogP contribution in [-0.4, -0.2) is 37.7 Å². The van der Waals surface area contributed by atoms with Crippen LogP contribution in [0.15, 0.2) is 0 Å². The first kappa shape index (κ1) is 14.7. The van der Waals surface area contributed by atoms with Gasteiger partial charge < -0.3 is 15.4 Å². The summed E-state index contributed by atoms with van der Waals surface area (Å²) < 4.78 is 5.21. The Balaban J connectivity index is 0.00000196. The van der Waals surface area contributed by atoms with E-state index in [1.807, 2.05) is 13.8 Å². The zero-order valence-electron chi connectivity index (χ0n) is 9.41. The lowest BCUT2D eigenvalue weighted by Crippen LogP contribution is -2.46. The zero-order valence-corrected chi connectivity index (χ0v) is 10.2. The number of halogens is 1. The fraction of sp³-hybridized carbons (Fsp3) is 0.900. The Labute approximate surface area is 97.5 Å². The van der Waals surface area contributed by atoms with Crippen molar-refractivity contribution in [2.45, 2.75) is 38.8 Å². The van der Waals surface area contributed by atoms with E-state index in [4.69, 9.17) is 4.74 Å². The summed E-state index contributed by atoms with van der Waals surface area (Å²) in [4.78, 5) is 11.4. The molecule has 1 rings (SSSR count). The number of hydrogen-bond acceptors (Lipinski definition) is 3. The summed E-state index contributed by atoms with van der Waals surface area (Å²) in [6, 6.07) is 0.284. The van der Waals surface area contributed by atoms with Gasteiger partial charge in [0.25, 0.3) is 0 Å². The van der Waals surface area contributed by atoms with Crippen molar-refractivity contribution in [1.29, 1.82) is 0 Å². The summed E-state index contributed by atoms with van der Waals surface area (Å²) in [6.45, 7) is 5.97. The molecular weight excluding hydrogens is 216 g/mol. The first-order valence-electron chi connectivity index (χ1n) is 5.30. The van der Waals surface area contributed by atoms with Crippen molar-refractivity contribution in [2.24, 2.45) is 0 Å². The molecule has 0 spiro atoms. The number of amides is 1. The lowest BCUT2D eigenvalue weighted by molar-refractivity contribution is -0.127. The smallest absolute Gasteiger partial charge is 0.246 e. The van der Waals surface area contributed by atoms with Crippen molar-refractivity contribution < 1.29 is 9.53 Å². The van der Waals surface area contributed by atoms with Gasteiger partial charge in [-0.1, -0.05) is 0 Å². The molecule has 0 radical (unpaired) electrons. The van der Waals surface area contributed by atoms with Crippen molar-refractivity contribution in [3.63, 3.8) is 0 Å². The van der Waals surface area contributed by atoms with Crippen LogP contribution in [0.2, 0.25) is 0 Å². The van der Waals surface area contributed by atoms with Crippen LogP contribution in [0.5, 0.6) is 0 Å². The first-order valence-corrected chi connectivity index (χ1v) is 5.30. The Morgan fingerprint density at radius 2 is 2.33 bits per heavy atom. The van der Waals surface area contributed by atoms with Gasteiger partial charge in [-0.05, 0) is 33.2 Å². The molecule has 4 nitrogen and oxygen atoms in total. The molecule has 1 fully saturated rings. The number of carbonyl (C=O) groups is 1. The molecule has 0 aromatic carbocycles. The van der Waals surface area contributed by atoms with Crippen LogP contribution in [0, 0.1) is 0 Å². The van der Waals surface area contributed by atoms with E-state index >= 15 is 0 Å². The molecule has 1 saturated heterocycles. The summed E-state index contributed by atoms with van der Waals surface area (Å²) in [6.07, 6.45) is 2.32. The Morgan fingerprint density at radius 1 is 1.60 bits per heavy atom. The molecule has 90 valence electrons. The summed E-state index contributed by atoms with van der Waals surface area (Å²) in [5.74, 6) is -0.00704. The number of piperidine rings is 1. The van der Waals surface area contributed by atoms with Gasteiger partial charge in [0.2, 0.25) is 5.91 Å². The highest BCUT2D eigenvalue weighted by Gasteiger charge is 2.15. The molecule has 0 unspecified atom stereocenters. The van der Waals surface area contributed by atoms with E-state index in [2.05, 4.69) is 10.6 Å². The standard InChI is InChI=1S/C10H20N2O2.ClH/c1-8(2)14-7-10(13)12-9-4-3-5-11-6-9;/h8-9,11H,3-7H2,1-2H3,(H,12,13);1H/t9-;/m0./s1. The summed E-state index contributed by atoms with van der Waals surface area (Å²) in [5, 5.41) is 6.20. The van der Waals surface area contributed by atoms with Gasteiger partial charge in [-0.2, -0.15) is 0 Å². The maximum Gasteiger partial charge on any atom is 0.246 e. The second kappa shape index (κ2) is 7.91. The highest BCUT2D eigenvalue weighted by atomic mass is 35.5. The molecule has 15 heavy (non-hydrogen) atoms. The van der Waals surface area contributed by atoms with Gasteiger partial charge in [0.15, 0.2) is 0 Å². The number of hydrogen-bond donors (Lipinski definition) is 2. The first-order chi connectivity index (χ1) is 6.68. The lowest BCUT2D eigenvalue weighted by atomic mass is 10.1. The number of ether oxygens (including phenoxy) is 1. The molecule has 1 aliphatic heterocycles. The zero-order chi connectivity index (χ0) is 10.4. The fourth-order valence-corrected chi connectivity index (χ4v) is 1.49. The third kappa shape index (κ3) is 6.71. The van der Waals surface area contributed by atoms with Gasteiger partial charge in [-0.15, -0.1) is 12.4 Å². The molecule has 1 amide bonds. The highest BCUT2D eigenvalue weighted by Crippen LogP contribution is 2.00. The lowest BCUT2D eigenvalue weighted by Gasteiger charge is -2.23. The number of carbonyl (C=O) groups excluding carboxylic acids is 1. The second-order valence-electron chi connectivity index (χ2n) is 3.97. The van der Waals surface area contributed by atoms with Crippen LogP contribution in [0.4, 0.5) is 0 Å². The minimum atomic E-state index is -0.00704. The van der Waals surface area contributed by atoms with Crippen LogP contribution in [-0.2, 0) is 9.53 Å². The Morgan fingerprint density at radius 3 is 2.87 bits per heavy atom. The average molecular weight is 237 g/mol. The van der Waals surface area contributed by atoms with Gasteiger partial charge >= 0.3 is 0 Å². The van der Waals surface area contributed by atoms with Gasteiger partial charge in [0.05, 0.1) is 6.10 Å². The molecule has 5 heteroatoms. The predicted octanol–water partition coefficient (Wildman–Crippen LogP) is 0.701. The van der Waals surface area contributed by atoms with Gasteiger partial charge in [0.1, 0.15) is 6.61 Å². The minimum absolute atomic E-state index is 0. The molecule has 1 aliphatic rings. The third-order valence-electron chi connectivity index (χ3n) is 2.21. The van der Waals surface area contributed by atoms with E-state index in [0.29, 0.717) is 0 Å². The number of rotatable bonds is 4. The van der Waals surface area contributed by atoms with Crippen LogP contribution >= 0.6 is 12.4 Å². The minimum Gasteiger partial charge on any atom is -0.369 e. The van der Waals surface area contributed by atoms with Crippen molar-refractivity contribution in [2.75, 3.05) is 19.7 Å². The molecular formula is C10H21ClN2O2. The van der Waals surface area contributed by atoms with Crippen LogP contribution in [0.1, 0.15) is 26.7 Å². The van der Waals surface area contributed by atoms with E-state index < -0.39 is 0 Å². The largest absolute Gasteiger partial charge is 0.369 e. The second-order valence-corrected chi connectivity index (χ2v) is 3.97. The molecule has 2 N–H and O–H groups in total. The Kier molecular flexibility index (Phi) is 7.74. The predicted molar refractivity (Wildman–Crippen MR) is 62.4 cm³/mol. The van der Waals surface area contributed by atoms with Crippen molar-refractivity contribution in [3.05, 3.63) is 0 Å². The topological polar surface area (TPSA) is 50.4 Å². The quantitative estimate of drug-likeness (QED) is 0.756. The van der Waals surface area contributed by atoms with Crippen LogP contribution in [0.25, 0.3) is 0 Å². The normalized spacial score (nSPS) is 20.9. The van der Waals surface area contributed by atoms with Gasteiger partial charge in [-0.3, -0.25) is 4.79 Å².